The summed E-state index contributed by atoms with van der Waals surface area (Å²) in [5.74, 6) is -1.06. The molecule has 0 aliphatic carbocycles. The molecule has 0 aromatic heterocycles. The number of carbonyl (C=O) groups excluding carboxylic acids is 1. The molecule has 4 N–H and O–H groups in total. The number of cyclic esters (lactones) is 1. The Labute approximate surface area is 143 Å². The lowest BCUT2D eigenvalue weighted by Gasteiger charge is -2.42. The minimum absolute atomic E-state index is 0.114. The van der Waals surface area contributed by atoms with Gasteiger partial charge in [0.1, 0.15) is 37.3 Å². The molecule has 0 saturated carbocycles. The number of rotatable bonds is 4. The predicted octanol–water partition coefficient (Wildman–Crippen LogP) is -1.67. The third-order valence-corrected chi connectivity index (χ3v) is 4.39. The molecule has 25 heavy (non-hydrogen) atoms. The van der Waals surface area contributed by atoms with Crippen molar-refractivity contribution in [2.24, 2.45) is 5.92 Å². The highest BCUT2D eigenvalue weighted by Gasteiger charge is 2.46. The maximum Gasteiger partial charge on any atom is 0.341 e. The number of aliphatic hydroxyl groups excluding tert-OH is 4. The van der Waals surface area contributed by atoms with Gasteiger partial charge in [-0.1, -0.05) is 6.08 Å². The van der Waals surface area contributed by atoms with Crippen molar-refractivity contribution in [2.75, 3.05) is 13.2 Å². The minimum atomic E-state index is -1.56. The van der Waals surface area contributed by atoms with Crippen molar-refractivity contribution >= 4 is 5.97 Å². The number of hydrogen-bond donors (Lipinski definition) is 4. The molecule has 3 heterocycles. The van der Waals surface area contributed by atoms with Crippen LogP contribution in [0, 0.1) is 5.92 Å². The van der Waals surface area contributed by atoms with Crippen LogP contribution in [-0.2, 0) is 23.7 Å². The molecule has 0 aromatic carbocycles. The van der Waals surface area contributed by atoms with Crippen LogP contribution in [0.3, 0.4) is 0 Å². The van der Waals surface area contributed by atoms with E-state index in [1.807, 2.05) is 0 Å². The summed E-state index contributed by atoms with van der Waals surface area (Å²) < 4.78 is 21.2. The number of hydrogen-bond acceptors (Lipinski definition) is 9. The van der Waals surface area contributed by atoms with E-state index in [1.165, 1.54) is 12.3 Å². The van der Waals surface area contributed by atoms with E-state index in [2.05, 4.69) is 6.58 Å². The van der Waals surface area contributed by atoms with Crippen molar-refractivity contribution in [2.45, 2.75) is 37.0 Å². The van der Waals surface area contributed by atoms with Crippen molar-refractivity contribution in [1.29, 1.82) is 0 Å². The lowest BCUT2D eigenvalue weighted by atomic mass is 9.89. The molecule has 1 fully saturated rings. The van der Waals surface area contributed by atoms with Crippen LogP contribution in [0.15, 0.2) is 36.1 Å². The topological polar surface area (TPSA) is 135 Å². The van der Waals surface area contributed by atoms with Gasteiger partial charge in [-0.3, -0.25) is 0 Å². The zero-order valence-electron chi connectivity index (χ0n) is 13.2. The highest BCUT2D eigenvalue weighted by molar-refractivity contribution is 5.94. The van der Waals surface area contributed by atoms with Gasteiger partial charge >= 0.3 is 5.97 Å². The van der Waals surface area contributed by atoms with Crippen LogP contribution < -0.4 is 0 Å². The minimum Gasteiger partial charge on any atom is -0.471 e. The Hall–Kier alpha value is -1.75. The first-order valence-corrected chi connectivity index (χ1v) is 7.79. The van der Waals surface area contributed by atoms with E-state index in [0.717, 1.165) is 0 Å². The summed E-state index contributed by atoms with van der Waals surface area (Å²) in [5.41, 5.74) is 0.872. The molecule has 0 unspecified atom stereocenters. The summed E-state index contributed by atoms with van der Waals surface area (Å²) >= 11 is 0. The molecule has 0 radical (unpaired) electrons. The van der Waals surface area contributed by atoms with E-state index in [-0.39, 0.29) is 12.2 Å². The number of carbonyl (C=O) groups is 1. The first kappa shape index (κ1) is 18.1. The summed E-state index contributed by atoms with van der Waals surface area (Å²) in [6.07, 6.45) is -3.61. The fourth-order valence-corrected chi connectivity index (χ4v) is 2.98. The molecule has 1 saturated heterocycles. The highest BCUT2D eigenvalue weighted by atomic mass is 16.8. The van der Waals surface area contributed by atoms with Crippen LogP contribution in [0.25, 0.3) is 0 Å². The molecule has 9 heteroatoms. The molecule has 9 nitrogen and oxygen atoms in total. The van der Waals surface area contributed by atoms with Crippen LogP contribution in [0.1, 0.15) is 0 Å². The lowest BCUT2D eigenvalue weighted by molar-refractivity contribution is -0.336. The SMILES string of the molecule is C=C[C@@H]1C2=CCOC(=O)C2=CO[C@H]1O[C@@H]1O[C@H](CO)[C@H](O)[C@H](O)[C@H]1O. The largest absolute Gasteiger partial charge is 0.471 e. The zero-order chi connectivity index (χ0) is 18.1. The molecule has 3 aliphatic heterocycles. The van der Waals surface area contributed by atoms with Gasteiger partial charge in [-0.05, 0) is 11.6 Å². The fraction of sp³-hybridized carbons (Fsp3) is 0.562. The van der Waals surface area contributed by atoms with E-state index in [9.17, 15) is 25.2 Å². The Morgan fingerprint density at radius 1 is 1.24 bits per heavy atom. The number of aliphatic hydroxyl groups is 4. The molecule has 7 atom stereocenters. The first-order valence-electron chi connectivity index (χ1n) is 7.79. The quantitative estimate of drug-likeness (QED) is 0.344. The van der Waals surface area contributed by atoms with Crippen LogP contribution in [-0.4, -0.2) is 76.6 Å². The molecule has 0 amide bonds. The Morgan fingerprint density at radius 2 is 2.00 bits per heavy atom. The zero-order valence-corrected chi connectivity index (χ0v) is 13.2. The van der Waals surface area contributed by atoms with Crippen molar-refractivity contribution in [1.82, 2.24) is 0 Å². The van der Waals surface area contributed by atoms with E-state index >= 15 is 0 Å². The van der Waals surface area contributed by atoms with Gasteiger partial charge in [0, 0.05) is 0 Å². The monoisotopic (exact) mass is 356 g/mol. The van der Waals surface area contributed by atoms with Crippen LogP contribution in [0.5, 0.6) is 0 Å². The Kier molecular flexibility index (Phi) is 5.23. The lowest BCUT2D eigenvalue weighted by Crippen LogP contribution is -2.60. The second-order valence-electron chi connectivity index (χ2n) is 5.89. The van der Waals surface area contributed by atoms with Gasteiger partial charge in [0.2, 0.25) is 6.29 Å². The Balaban J connectivity index is 1.78. The summed E-state index contributed by atoms with van der Waals surface area (Å²) in [4.78, 5) is 11.8. The molecular formula is C16H20O9. The molecular weight excluding hydrogens is 336 g/mol. The highest BCUT2D eigenvalue weighted by Crippen LogP contribution is 2.35. The average molecular weight is 356 g/mol. The third kappa shape index (κ3) is 3.22. The normalized spacial score (nSPS) is 41.0. The molecule has 3 aliphatic rings. The van der Waals surface area contributed by atoms with Crippen molar-refractivity contribution in [3.05, 3.63) is 36.1 Å². The summed E-state index contributed by atoms with van der Waals surface area (Å²) in [6, 6.07) is 0. The number of esters is 1. The van der Waals surface area contributed by atoms with Crippen molar-refractivity contribution < 1.29 is 44.2 Å². The fourth-order valence-electron chi connectivity index (χ4n) is 2.98. The van der Waals surface area contributed by atoms with Crippen molar-refractivity contribution in [3.8, 4) is 0 Å². The van der Waals surface area contributed by atoms with Gasteiger partial charge < -0.3 is 39.4 Å². The van der Waals surface area contributed by atoms with Crippen molar-refractivity contribution in [3.63, 3.8) is 0 Å². The Morgan fingerprint density at radius 3 is 2.68 bits per heavy atom. The molecule has 138 valence electrons. The summed E-state index contributed by atoms with van der Waals surface area (Å²) in [6.45, 7) is 3.25. The molecule has 3 rings (SSSR count). The van der Waals surface area contributed by atoms with Gasteiger partial charge in [-0.25, -0.2) is 4.79 Å². The van der Waals surface area contributed by atoms with Gasteiger partial charge in [0.15, 0.2) is 6.29 Å². The predicted molar refractivity (Wildman–Crippen MR) is 80.5 cm³/mol. The van der Waals surface area contributed by atoms with Gasteiger partial charge in [0.25, 0.3) is 0 Å². The molecule has 0 bridgehead atoms. The van der Waals surface area contributed by atoms with Crippen LogP contribution in [0.2, 0.25) is 0 Å². The third-order valence-electron chi connectivity index (χ3n) is 4.39. The first-order chi connectivity index (χ1) is 12.0. The van der Waals surface area contributed by atoms with Crippen LogP contribution in [0.4, 0.5) is 0 Å². The molecule has 0 aromatic rings. The maximum atomic E-state index is 11.8. The van der Waals surface area contributed by atoms with Gasteiger partial charge in [-0.15, -0.1) is 6.58 Å². The molecule has 0 spiro atoms. The number of ether oxygens (including phenoxy) is 4. The van der Waals surface area contributed by atoms with Crippen LogP contribution >= 0.6 is 0 Å². The number of fused-ring (bicyclic) bond motifs is 1. The second-order valence-corrected chi connectivity index (χ2v) is 5.89. The van der Waals surface area contributed by atoms with Gasteiger partial charge in [-0.2, -0.15) is 0 Å². The second kappa shape index (κ2) is 7.24. The van der Waals surface area contributed by atoms with E-state index in [4.69, 9.17) is 18.9 Å². The smallest absolute Gasteiger partial charge is 0.341 e. The maximum absolute atomic E-state index is 11.8. The Bertz CT molecular complexity index is 596. The van der Waals surface area contributed by atoms with Gasteiger partial charge in [0.05, 0.1) is 18.1 Å². The average Bonchev–Trinajstić information content (AvgIpc) is 2.62. The van der Waals surface area contributed by atoms with E-state index in [1.54, 1.807) is 6.08 Å². The standard InChI is InChI=1S/C16H20O9/c1-2-7-8-3-4-22-14(21)9(8)6-23-15(7)25-16-13(20)12(19)11(18)10(5-17)24-16/h2-3,6-7,10-13,15-20H,1,4-5H2/t7-,10-,11+,12+,13-,15+,16+/m1/s1. The summed E-state index contributed by atoms with van der Waals surface area (Å²) in [7, 11) is 0. The van der Waals surface area contributed by atoms with E-state index < -0.39 is 55.5 Å². The summed E-state index contributed by atoms with van der Waals surface area (Å²) in [5, 5.41) is 38.9. The van der Waals surface area contributed by atoms with E-state index in [0.29, 0.717) is 5.57 Å².